The van der Waals surface area contributed by atoms with Crippen molar-refractivity contribution in [3.05, 3.63) is 34.3 Å². The maximum atomic E-state index is 11.2. The number of halogens is 1. The molecule has 2 aliphatic rings. The number of aliphatic hydroxyl groups is 1. The summed E-state index contributed by atoms with van der Waals surface area (Å²) in [5.41, 5.74) is 0.235. The van der Waals surface area contributed by atoms with Gasteiger partial charge in [-0.25, -0.2) is 0 Å². The van der Waals surface area contributed by atoms with E-state index in [0.29, 0.717) is 0 Å². The van der Waals surface area contributed by atoms with Gasteiger partial charge in [0.2, 0.25) is 0 Å². The second-order valence-corrected chi connectivity index (χ2v) is 8.63. The van der Waals surface area contributed by atoms with E-state index in [1.54, 1.807) is 0 Å². The molecule has 0 amide bonds. The Bertz CT molecular complexity index is 492. The van der Waals surface area contributed by atoms with E-state index >= 15 is 0 Å². The molecule has 0 aliphatic carbocycles. The van der Waals surface area contributed by atoms with Crippen molar-refractivity contribution in [1.29, 1.82) is 0 Å². The predicted octanol–water partition coefficient (Wildman–Crippen LogP) is 4.35. The van der Waals surface area contributed by atoms with Crippen LogP contribution in [0.4, 0.5) is 0 Å². The third-order valence-electron chi connectivity index (χ3n) is 5.10. The van der Waals surface area contributed by atoms with Crippen molar-refractivity contribution in [3.63, 3.8) is 0 Å². The zero-order valence-electron chi connectivity index (χ0n) is 12.5. The first-order valence-electron chi connectivity index (χ1n) is 7.72. The SMILES string of the molecule is CC(O)(c1cccc(Br)c1)C1CCOC2(CCSCC2)C1. The molecular formula is C17H23BrO2S. The molecule has 2 aliphatic heterocycles. The van der Waals surface area contributed by atoms with Gasteiger partial charge in [-0.05, 0) is 67.7 Å². The standard InChI is InChI=1S/C17H23BrO2S/c1-16(19,13-3-2-4-15(18)11-13)14-5-8-20-17(12-14)6-9-21-10-7-17/h2-4,11,14,19H,5-10,12H2,1H3. The fraction of sp³-hybridized carbons (Fsp3) is 0.647. The van der Waals surface area contributed by atoms with Crippen LogP contribution in [0, 0.1) is 5.92 Å². The van der Waals surface area contributed by atoms with Crippen LogP contribution in [0.25, 0.3) is 0 Å². The van der Waals surface area contributed by atoms with Crippen molar-refractivity contribution in [1.82, 2.24) is 0 Å². The fourth-order valence-electron chi connectivity index (χ4n) is 3.64. The Morgan fingerprint density at radius 3 is 2.86 bits per heavy atom. The number of thioether (sulfide) groups is 1. The molecule has 0 aromatic heterocycles. The topological polar surface area (TPSA) is 29.5 Å². The Labute approximate surface area is 139 Å². The summed E-state index contributed by atoms with van der Waals surface area (Å²) in [6.45, 7) is 2.75. The lowest BCUT2D eigenvalue weighted by Gasteiger charge is -2.47. The Kier molecular flexibility index (Phi) is 4.70. The molecule has 0 bridgehead atoms. The molecule has 3 rings (SSSR count). The summed E-state index contributed by atoms with van der Waals surface area (Å²) in [5, 5.41) is 11.2. The van der Waals surface area contributed by atoms with E-state index in [-0.39, 0.29) is 11.5 Å². The Morgan fingerprint density at radius 2 is 2.14 bits per heavy atom. The first kappa shape index (κ1) is 15.9. The molecule has 4 heteroatoms. The highest BCUT2D eigenvalue weighted by molar-refractivity contribution is 9.10. The minimum Gasteiger partial charge on any atom is -0.385 e. The molecule has 2 unspecified atom stereocenters. The first-order chi connectivity index (χ1) is 10.0. The highest BCUT2D eigenvalue weighted by atomic mass is 79.9. The van der Waals surface area contributed by atoms with Crippen LogP contribution in [0.5, 0.6) is 0 Å². The lowest BCUT2D eigenvalue weighted by atomic mass is 9.72. The second-order valence-electron chi connectivity index (χ2n) is 6.49. The minimum absolute atomic E-state index is 0.0180. The van der Waals surface area contributed by atoms with Crippen LogP contribution >= 0.6 is 27.7 Å². The van der Waals surface area contributed by atoms with E-state index in [2.05, 4.69) is 15.9 Å². The summed E-state index contributed by atoms with van der Waals surface area (Å²) in [4.78, 5) is 0. The average Bonchev–Trinajstić information content (AvgIpc) is 2.48. The van der Waals surface area contributed by atoms with E-state index in [9.17, 15) is 5.11 Å². The molecular weight excluding hydrogens is 348 g/mol. The Balaban J connectivity index is 1.81. The maximum absolute atomic E-state index is 11.2. The largest absolute Gasteiger partial charge is 0.385 e. The number of ether oxygens (including phenoxy) is 1. The smallest absolute Gasteiger partial charge is 0.0898 e. The van der Waals surface area contributed by atoms with Gasteiger partial charge in [0.25, 0.3) is 0 Å². The lowest BCUT2D eigenvalue weighted by Crippen LogP contribution is -2.47. The predicted molar refractivity (Wildman–Crippen MR) is 91.7 cm³/mol. The van der Waals surface area contributed by atoms with Gasteiger partial charge < -0.3 is 9.84 Å². The van der Waals surface area contributed by atoms with Crippen LogP contribution < -0.4 is 0 Å². The minimum atomic E-state index is -0.787. The molecule has 116 valence electrons. The van der Waals surface area contributed by atoms with Gasteiger partial charge >= 0.3 is 0 Å². The molecule has 2 heterocycles. The van der Waals surface area contributed by atoms with Crippen LogP contribution in [-0.4, -0.2) is 28.8 Å². The number of benzene rings is 1. The van der Waals surface area contributed by atoms with Crippen LogP contribution in [-0.2, 0) is 10.3 Å². The molecule has 1 aromatic carbocycles. The Hall–Kier alpha value is -0.0300. The van der Waals surface area contributed by atoms with Gasteiger partial charge in [-0.1, -0.05) is 28.1 Å². The zero-order chi connectivity index (χ0) is 14.9. The van der Waals surface area contributed by atoms with Gasteiger partial charge in [0.15, 0.2) is 0 Å². The van der Waals surface area contributed by atoms with Crippen molar-refractivity contribution in [2.24, 2.45) is 5.92 Å². The van der Waals surface area contributed by atoms with Crippen LogP contribution in [0.2, 0.25) is 0 Å². The summed E-state index contributed by atoms with van der Waals surface area (Å²) < 4.78 is 7.18. The molecule has 2 fully saturated rings. The van der Waals surface area contributed by atoms with Gasteiger partial charge in [-0.3, -0.25) is 0 Å². The van der Waals surface area contributed by atoms with Gasteiger partial charge in [0.05, 0.1) is 11.2 Å². The summed E-state index contributed by atoms with van der Waals surface area (Å²) in [5.74, 6) is 2.64. The van der Waals surface area contributed by atoms with Gasteiger partial charge in [-0.2, -0.15) is 11.8 Å². The Morgan fingerprint density at radius 1 is 1.38 bits per heavy atom. The molecule has 0 radical (unpaired) electrons. The molecule has 2 atom stereocenters. The van der Waals surface area contributed by atoms with E-state index in [1.807, 2.05) is 43.0 Å². The maximum Gasteiger partial charge on any atom is 0.0898 e. The summed E-state index contributed by atoms with van der Waals surface area (Å²) in [6, 6.07) is 8.08. The highest BCUT2D eigenvalue weighted by Crippen LogP contribution is 2.45. The summed E-state index contributed by atoms with van der Waals surface area (Å²) in [7, 11) is 0. The van der Waals surface area contributed by atoms with Gasteiger partial charge in [0.1, 0.15) is 0 Å². The van der Waals surface area contributed by atoms with Crippen molar-refractivity contribution in [2.75, 3.05) is 18.1 Å². The number of hydrogen-bond acceptors (Lipinski definition) is 3. The van der Waals surface area contributed by atoms with Crippen LogP contribution in [0.3, 0.4) is 0 Å². The molecule has 2 nitrogen and oxygen atoms in total. The van der Waals surface area contributed by atoms with Crippen LogP contribution in [0.15, 0.2) is 28.7 Å². The van der Waals surface area contributed by atoms with E-state index < -0.39 is 5.60 Å². The average molecular weight is 371 g/mol. The zero-order valence-corrected chi connectivity index (χ0v) is 14.9. The molecule has 1 aromatic rings. The normalized spacial score (nSPS) is 28.2. The molecule has 1 N–H and O–H groups in total. The van der Waals surface area contributed by atoms with Gasteiger partial charge in [-0.15, -0.1) is 0 Å². The quantitative estimate of drug-likeness (QED) is 0.838. The van der Waals surface area contributed by atoms with E-state index in [1.165, 1.54) is 11.5 Å². The molecule has 21 heavy (non-hydrogen) atoms. The van der Waals surface area contributed by atoms with Crippen molar-refractivity contribution in [3.8, 4) is 0 Å². The fourth-order valence-corrected chi connectivity index (χ4v) is 5.27. The molecule has 0 saturated carbocycles. The summed E-state index contributed by atoms with van der Waals surface area (Å²) >= 11 is 5.53. The van der Waals surface area contributed by atoms with Crippen molar-refractivity contribution >= 4 is 27.7 Å². The molecule has 1 spiro atoms. The van der Waals surface area contributed by atoms with Crippen molar-refractivity contribution in [2.45, 2.75) is 43.8 Å². The third kappa shape index (κ3) is 3.34. The summed E-state index contributed by atoms with van der Waals surface area (Å²) in [6.07, 6.45) is 4.17. The number of hydrogen-bond donors (Lipinski definition) is 1. The van der Waals surface area contributed by atoms with E-state index in [0.717, 1.165) is 42.3 Å². The van der Waals surface area contributed by atoms with E-state index in [4.69, 9.17) is 4.74 Å². The number of rotatable bonds is 2. The second kappa shape index (κ2) is 6.23. The molecule has 2 saturated heterocycles. The highest BCUT2D eigenvalue weighted by Gasteiger charge is 2.45. The first-order valence-corrected chi connectivity index (χ1v) is 9.67. The van der Waals surface area contributed by atoms with Crippen LogP contribution in [0.1, 0.15) is 38.2 Å². The van der Waals surface area contributed by atoms with Crippen molar-refractivity contribution < 1.29 is 9.84 Å². The lowest BCUT2D eigenvalue weighted by molar-refractivity contribution is -0.144. The third-order valence-corrected chi connectivity index (χ3v) is 6.58. The van der Waals surface area contributed by atoms with Gasteiger partial charge in [0, 0.05) is 11.1 Å². The monoisotopic (exact) mass is 370 g/mol.